The second-order valence-electron chi connectivity index (χ2n) is 7.10. The topological polar surface area (TPSA) is 92.8 Å². The molecule has 0 saturated heterocycles. The van der Waals surface area contributed by atoms with Crippen LogP contribution < -0.4 is 5.32 Å². The first-order valence-corrected chi connectivity index (χ1v) is 10.5. The van der Waals surface area contributed by atoms with E-state index in [-0.39, 0.29) is 5.97 Å². The van der Waals surface area contributed by atoms with Crippen LogP contribution in [0.25, 0.3) is 21.7 Å². The third-order valence-electron chi connectivity index (χ3n) is 5.06. The van der Waals surface area contributed by atoms with Crippen molar-refractivity contribution in [1.82, 2.24) is 20.2 Å². The predicted molar refractivity (Wildman–Crippen MR) is 116 cm³/mol. The summed E-state index contributed by atoms with van der Waals surface area (Å²) in [5.41, 5.74) is 4.30. The number of esters is 1. The largest absolute Gasteiger partial charge is 0.465 e. The molecule has 1 aliphatic carbocycles. The van der Waals surface area contributed by atoms with Crippen molar-refractivity contribution in [3.63, 3.8) is 0 Å². The van der Waals surface area contributed by atoms with E-state index in [1.807, 2.05) is 41.8 Å². The number of anilines is 2. The summed E-state index contributed by atoms with van der Waals surface area (Å²) in [6.45, 7) is 0. The molecule has 0 amide bonds. The van der Waals surface area contributed by atoms with Gasteiger partial charge >= 0.3 is 5.97 Å². The second-order valence-corrected chi connectivity index (χ2v) is 8.01. The van der Waals surface area contributed by atoms with Crippen molar-refractivity contribution in [3.8, 4) is 21.7 Å². The number of carbonyl (C=O) groups excluding carboxylic acids is 1. The number of hydrogen-bond donors (Lipinski definition) is 2. The van der Waals surface area contributed by atoms with Gasteiger partial charge in [-0.05, 0) is 24.3 Å². The molecule has 0 bridgehead atoms. The van der Waals surface area contributed by atoms with E-state index in [9.17, 15) is 4.79 Å². The van der Waals surface area contributed by atoms with E-state index in [4.69, 9.17) is 4.74 Å². The molecule has 0 unspecified atom stereocenters. The van der Waals surface area contributed by atoms with Crippen LogP contribution in [0.4, 0.5) is 11.6 Å². The number of ether oxygens (including phenoxy) is 1. The van der Waals surface area contributed by atoms with Gasteiger partial charge in [0, 0.05) is 39.7 Å². The SMILES string of the molecule is COC(=O)c1ccsc1-c1ccccc1-c1cc(Nc2cc(C3CC3)[nH]n2)ncn1. The maximum Gasteiger partial charge on any atom is 0.339 e. The predicted octanol–water partition coefficient (Wildman–Crippen LogP) is 5.00. The molecule has 5 rings (SSSR count). The molecule has 1 aromatic carbocycles. The molecular formula is C22H19N5O2S. The van der Waals surface area contributed by atoms with E-state index in [2.05, 4.69) is 25.5 Å². The monoisotopic (exact) mass is 417 g/mol. The third kappa shape index (κ3) is 3.57. The van der Waals surface area contributed by atoms with Gasteiger partial charge in [0.1, 0.15) is 12.1 Å². The number of hydrogen-bond acceptors (Lipinski definition) is 7. The molecule has 1 aliphatic rings. The lowest BCUT2D eigenvalue weighted by molar-refractivity contribution is 0.0602. The molecule has 8 heteroatoms. The number of aromatic amines is 1. The highest BCUT2D eigenvalue weighted by Crippen LogP contribution is 2.40. The molecule has 0 aliphatic heterocycles. The number of nitrogens with zero attached hydrogens (tertiary/aromatic N) is 3. The molecular weight excluding hydrogens is 398 g/mol. The number of H-pyrrole nitrogens is 1. The van der Waals surface area contributed by atoms with Crippen molar-refractivity contribution in [1.29, 1.82) is 0 Å². The molecule has 7 nitrogen and oxygen atoms in total. The number of rotatable bonds is 6. The molecule has 150 valence electrons. The summed E-state index contributed by atoms with van der Waals surface area (Å²) in [6, 6.07) is 13.6. The summed E-state index contributed by atoms with van der Waals surface area (Å²) in [5, 5.41) is 12.5. The van der Waals surface area contributed by atoms with Crippen molar-refractivity contribution in [2.24, 2.45) is 0 Å². The summed E-state index contributed by atoms with van der Waals surface area (Å²) in [4.78, 5) is 21.8. The first-order valence-electron chi connectivity index (χ1n) is 9.63. The minimum Gasteiger partial charge on any atom is -0.465 e. The standard InChI is InChI=1S/C22H19N5O2S/c1-29-22(28)16-8-9-30-21(16)15-5-3-2-4-14(15)18-11-19(24-12-23-18)25-20-10-17(26-27-20)13-6-7-13/h2-5,8-13H,6-7H2,1H3,(H2,23,24,25,26,27). The fourth-order valence-electron chi connectivity index (χ4n) is 3.40. The van der Waals surface area contributed by atoms with Crippen molar-refractivity contribution in [2.45, 2.75) is 18.8 Å². The number of carbonyl (C=O) groups is 1. The summed E-state index contributed by atoms with van der Waals surface area (Å²) in [6.07, 6.45) is 3.96. The average molecular weight is 417 g/mol. The number of thiophene rings is 1. The van der Waals surface area contributed by atoms with E-state index < -0.39 is 0 Å². The van der Waals surface area contributed by atoms with Crippen LogP contribution in [0.5, 0.6) is 0 Å². The van der Waals surface area contributed by atoms with Gasteiger partial charge in [0.05, 0.1) is 18.4 Å². The van der Waals surface area contributed by atoms with E-state index in [1.54, 1.807) is 6.07 Å². The lowest BCUT2D eigenvalue weighted by Crippen LogP contribution is -2.01. The smallest absolute Gasteiger partial charge is 0.339 e. The Hall–Kier alpha value is -3.52. The van der Waals surface area contributed by atoms with Gasteiger partial charge in [-0.15, -0.1) is 11.3 Å². The Morgan fingerprint density at radius 2 is 1.97 bits per heavy atom. The molecule has 4 aromatic rings. The Bertz CT molecular complexity index is 1210. The highest BCUT2D eigenvalue weighted by Gasteiger charge is 2.25. The van der Waals surface area contributed by atoms with Crippen molar-refractivity contribution in [2.75, 3.05) is 12.4 Å². The molecule has 3 heterocycles. The Morgan fingerprint density at radius 3 is 2.77 bits per heavy atom. The molecule has 3 aromatic heterocycles. The van der Waals surface area contributed by atoms with Gasteiger partial charge in [0.25, 0.3) is 0 Å². The summed E-state index contributed by atoms with van der Waals surface area (Å²) >= 11 is 1.50. The van der Waals surface area contributed by atoms with Gasteiger partial charge < -0.3 is 10.1 Å². The Kier molecular flexibility index (Phi) is 4.76. The fourth-order valence-corrected chi connectivity index (χ4v) is 4.32. The van der Waals surface area contributed by atoms with Gasteiger partial charge in [0.15, 0.2) is 5.82 Å². The van der Waals surface area contributed by atoms with Crippen molar-refractivity contribution >= 4 is 28.9 Å². The molecule has 1 saturated carbocycles. The van der Waals surface area contributed by atoms with E-state index in [0.29, 0.717) is 17.3 Å². The van der Waals surface area contributed by atoms with Gasteiger partial charge in [-0.2, -0.15) is 5.10 Å². The lowest BCUT2D eigenvalue weighted by atomic mass is 10.0. The highest BCUT2D eigenvalue weighted by atomic mass is 32.1. The zero-order valence-corrected chi connectivity index (χ0v) is 17.1. The van der Waals surface area contributed by atoms with Crippen LogP contribution in [-0.2, 0) is 4.74 Å². The van der Waals surface area contributed by atoms with Crippen LogP contribution >= 0.6 is 11.3 Å². The first-order chi connectivity index (χ1) is 14.7. The van der Waals surface area contributed by atoms with Crippen LogP contribution in [0.15, 0.2) is 54.2 Å². The zero-order chi connectivity index (χ0) is 20.5. The fraction of sp³-hybridized carbons (Fsp3) is 0.182. The Balaban J connectivity index is 1.48. The quantitative estimate of drug-likeness (QED) is 0.429. The van der Waals surface area contributed by atoms with Crippen LogP contribution in [-0.4, -0.2) is 33.2 Å². The van der Waals surface area contributed by atoms with Crippen LogP contribution in [0, 0.1) is 0 Å². The minimum atomic E-state index is -0.351. The van der Waals surface area contributed by atoms with Crippen molar-refractivity contribution < 1.29 is 9.53 Å². The maximum atomic E-state index is 12.2. The maximum absolute atomic E-state index is 12.2. The molecule has 2 N–H and O–H groups in total. The molecule has 0 atom stereocenters. The normalized spacial score (nSPS) is 13.2. The van der Waals surface area contributed by atoms with Gasteiger partial charge in [0.2, 0.25) is 0 Å². The summed E-state index contributed by atoms with van der Waals surface area (Å²) in [5.74, 6) is 1.65. The summed E-state index contributed by atoms with van der Waals surface area (Å²) in [7, 11) is 1.39. The van der Waals surface area contributed by atoms with Crippen LogP contribution in [0.1, 0.15) is 34.8 Å². The van der Waals surface area contributed by atoms with E-state index in [1.165, 1.54) is 37.6 Å². The highest BCUT2D eigenvalue weighted by molar-refractivity contribution is 7.14. The van der Waals surface area contributed by atoms with E-state index >= 15 is 0 Å². The molecule has 1 fully saturated rings. The molecule has 30 heavy (non-hydrogen) atoms. The van der Waals surface area contributed by atoms with Gasteiger partial charge in [-0.25, -0.2) is 14.8 Å². The minimum absolute atomic E-state index is 0.351. The number of methoxy groups -OCH3 is 1. The summed E-state index contributed by atoms with van der Waals surface area (Å²) < 4.78 is 4.93. The van der Waals surface area contributed by atoms with Gasteiger partial charge in [-0.3, -0.25) is 5.10 Å². The Morgan fingerprint density at radius 1 is 1.13 bits per heavy atom. The van der Waals surface area contributed by atoms with Gasteiger partial charge in [-0.1, -0.05) is 24.3 Å². The number of nitrogens with one attached hydrogen (secondary N) is 2. The average Bonchev–Trinajstić information content (AvgIpc) is 3.33. The molecule has 0 spiro atoms. The lowest BCUT2D eigenvalue weighted by Gasteiger charge is -2.10. The second kappa shape index (κ2) is 7.72. The molecule has 0 radical (unpaired) electrons. The van der Waals surface area contributed by atoms with Crippen LogP contribution in [0.2, 0.25) is 0 Å². The third-order valence-corrected chi connectivity index (χ3v) is 6.00. The Labute approximate surface area is 177 Å². The number of benzene rings is 1. The zero-order valence-electron chi connectivity index (χ0n) is 16.3. The number of aromatic nitrogens is 4. The first kappa shape index (κ1) is 18.5. The van der Waals surface area contributed by atoms with Crippen molar-refractivity contribution in [3.05, 3.63) is 65.4 Å². The van der Waals surface area contributed by atoms with E-state index in [0.717, 1.165) is 33.2 Å². The van der Waals surface area contributed by atoms with Crippen LogP contribution in [0.3, 0.4) is 0 Å².